The number of hydrogen-bond donors (Lipinski definition) is 2. The Hall–Kier alpha value is -0.260. The van der Waals surface area contributed by atoms with Crippen molar-refractivity contribution >= 4 is 0 Å². The highest BCUT2D eigenvalue weighted by molar-refractivity contribution is 4.81. The molecule has 0 aliphatic heterocycles. The maximum atomic E-state index is 12.1. The molecule has 17 heavy (non-hydrogen) atoms. The van der Waals surface area contributed by atoms with Crippen molar-refractivity contribution in [1.29, 1.82) is 0 Å². The van der Waals surface area contributed by atoms with E-state index in [1.165, 1.54) is 0 Å². The van der Waals surface area contributed by atoms with Gasteiger partial charge >= 0.3 is 0 Å². The molecule has 1 unspecified atom stereocenters. The van der Waals surface area contributed by atoms with Gasteiger partial charge in [-0.05, 0) is 39.9 Å². The number of likely N-dealkylation sites (N-methyl/N-ethyl adjacent to an activating group) is 1. The molecule has 0 amide bonds. The highest BCUT2D eigenvalue weighted by Crippen LogP contribution is 2.13. The van der Waals surface area contributed by atoms with E-state index in [1.54, 1.807) is 11.9 Å². The molecular formula is C12H26F2N2O. The predicted molar refractivity (Wildman–Crippen MR) is 66.5 cm³/mol. The maximum Gasteiger partial charge on any atom is 0.251 e. The van der Waals surface area contributed by atoms with Crippen LogP contribution in [-0.4, -0.2) is 55.3 Å². The quantitative estimate of drug-likeness (QED) is 0.581. The number of aliphatic hydroxyl groups excluding tert-OH is 1. The van der Waals surface area contributed by atoms with E-state index in [9.17, 15) is 13.9 Å². The minimum Gasteiger partial charge on any atom is -0.394 e. The Labute approximate surface area is 103 Å². The van der Waals surface area contributed by atoms with Gasteiger partial charge in [-0.25, -0.2) is 8.78 Å². The Morgan fingerprint density at radius 1 is 1.35 bits per heavy atom. The van der Waals surface area contributed by atoms with E-state index < -0.39 is 6.43 Å². The molecule has 0 bridgehead atoms. The van der Waals surface area contributed by atoms with Crippen molar-refractivity contribution < 1.29 is 13.9 Å². The van der Waals surface area contributed by atoms with Crippen LogP contribution >= 0.6 is 0 Å². The van der Waals surface area contributed by atoms with Crippen molar-refractivity contribution in [3.63, 3.8) is 0 Å². The Kier molecular flexibility index (Phi) is 8.64. The maximum absolute atomic E-state index is 12.1. The van der Waals surface area contributed by atoms with Crippen LogP contribution in [0.15, 0.2) is 0 Å². The lowest BCUT2D eigenvalue weighted by molar-refractivity contribution is 0.0986. The fourth-order valence-corrected chi connectivity index (χ4v) is 1.87. The van der Waals surface area contributed by atoms with E-state index in [-0.39, 0.29) is 18.7 Å². The lowest BCUT2D eigenvalue weighted by Gasteiger charge is -2.28. The van der Waals surface area contributed by atoms with E-state index in [2.05, 4.69) is 5.32 Å². The first-order chi connectivity index (χ1) is 7.93. The molecule has 5 heteroatoms. The van der Waals surface area contributed by atoms with E-state index in [1.807, 2.05) is 13.8 Å². The van der Waals surface area contributed by atoms with Gasteiger partial charge < -0.3 is 15.3 Å². The average molecular weight is 252 g/mol. The molecule has 0 saturated carbocycles. The molecule has 0 radical (unpaired) electrons. The SMILES string of the molecule is CCNC(C)(CO)CCCCN(C)CC(F)F. The number of aliphatic hydroxyl groups is 1. The van der Waals surface area contributed by atoms with Crippen molar-refractivity contribution in [2.24, 2.45) is 0 Å². The number of rotatable bonds is 10. The zero-order valence-corrected chi connectivity index (χ0v) is 11.2. The summed E-state index contributed by atoms with van der Waals surface area (Å²) >= 11 is 0. The highest BCUT2D eigenvalue weighted by atomic mass is 19.3. The fourth-order valence-electron chi connectivity index (χ4n) is 1.87. The third-order valence-electron chi connectivity index (χ3n) is 2.92. The van der Waals surface area contributed by atoms with Gasteiger partial charge in [0, 0.05) is 5.54 Å². The summed E-state index contributed by atoms with van der Waals surface area (Å²) in [6.45, 7) is 5.43. The number of hydrogen-bond acceptors (Lipinski definition) is 3. The van der Waals surface area contributed by atoms with Crippen LogP contribution in [0, 0.1) is 0 Å². The summed E-state index contributed by atoms with van der Waals surface area (Å²) in [7, 11) is 1.71. The predicted octanol–water partition coefficient (Wildman–Crippen LogP) is 1.71. The normalized spacial score (nSPS) is 15.5. The van der Waals surface area contributed by atoms with E-state index in [0.717, 1.165) is 25.8 Å². The number of halogens is 2. The molecule has 0 rings (SSSR count). The fraction of sp³-hybridized carbons (Fsp3) is 1.00. The second-order valence-corrected chi connectivity index (χ2v) is 4.86. The molecule has 3 nitrogen and oxygen atoms in total. The van der Waals surface area contributed by atoms with E-state index in [4.69, 9.17) is 0 Å². The number of alkyl halides is 2. The largest absolute Gasteiger partial charge is 0.394 e. The third-order valence-corrected chi connectivity index (χ3v) is 2.92. The summed E-state index contributed by atoms with van der Waals surface area (Å²) in [5.74, 6) is 0. The topological polar surface area (TPSA) is 35.5 Å². The van der Waals surface area contributed by atoms with Gasteiger partial charge in [-0.3, -0.25) is 0 Å². The van der Waals surface area contributed by atoms with Crippen LogP contribution in [0.2, 0.25) is 0 Å². The van der Waals surface area contributed by atoms with E-state index >= 15 is 0 Å². The van der Waals surface area contributed by atoms with Gasteiger partial charge in [-0.1, -0.05) is 13.3 Å². The molecule has 0 heterocycles. The van der Waals surface area contributed by atoms with Gasteiger partial charge in [-0.15, -0.1) is 0 Å². The standard InChI is InChI=1S/C12H26F2N2O/c1-4-15-12(2,10-17)7-5-6-8-16(3)9-11(13)14/h11,15,17H,4-10H2,1-3H3. The Morgan fingerprint density at radius 3 is 2.47 bits per heavy atom. The molecule has 0 aromatic heterocycles. The highest BCUT2D eigenvalue weighted by Gasteiger charge is 2.20. The molecule has 0 fully saturated rings. The van der Waals surface area contributed by atoms with E-state index in [0.29, 0.717) is 6.54 Å². The first-order valence-corrected chi connectivity index (χ1v) is 6.26. The number of nitrogens with zero attached hydrogens (tertiary/aromatic N) is 1. The summed E-state index contributed by atoms with van der Waals surface area (Å²) in [6.07, 6.45) is 0.409. The molecule has 0 aromatic carbocycles. The second-order valence-electron chi connectivity index (χ2n) is 4.86. The lowest BCUT2D eigenvalue weighted by atomic mass is 9.95. The van der Waals surface area contributed by atoms with Gasteiger partial charge in [0.05, 0.1) is 13.2 Å². The lowest BCUT2D eigenvalue weighted by Crippen LogP contribution is -2.45. The monoisotopic (exact) mass is 252 g/mol. The van der Waals surface area contributed by atoms with Crippen molar-refractivity contribution in [3.05, 3.63) is 0 Å². The van der Waals surface area contributed by atoms with Crippen molar-refractivity contribution in [1.82, 2.24) is 10.2 Å². The van der Waals surface area contributed by atoms with Crippen LogP contribution < -0.4 is 5.32 Å². The smallest absolute Gasteiger partial charge is 0.251 e. The van der Waals surface area contributed by atoms with Crippen LogP contribution in [0.25, 0.3) is 0 Å². The number of nitrogens with one attached hydrogen (secondary N) is 1. The van der Waals surface area contributed by atoms with Crippen LogP contribution in [0.1, 0.15) is 33.1 Å². The van der Waals surface area contributed by atoms with Crippen LogP contribution in [-0.2, 0) is 0 Å². The molecule has 0 aromatic rings. The Bertz CT molecular complexity index is 193. The second kappa shape index (κ2) is 8.78. The molecule has 2 N–H and O–H groups in total. The average Bonchev–Trinajstić information content (AvgIpc) is 2.24. The molecule has 0 aliphatic carbocycles. The molecular weight excluding hydrogens is 226 g/mol. The summed E-state index contributed by atoms with van der Waals surface area (Å²) in [6, 6.07) is 0. The molecule has 1 atom stereocenters. The van der Waals surface area contributed by atoms with Crippen molar-refractivity contribution in [2.75, 3.05) is 33.3 Å². The summed E-state index contributed by atoms with van der Waals surface area (Å²) < 4.78 is 24.1. The van der Waals surface area contributed by atoms with Gasteiger partial charge in [0.2, 0.25) is 0 Å². The zero-order valence-electron chi connectivity index (χ0n) is 11.2. The van der Waals surface area contributed by atoms with Crippen molar-refractivity contribution in [3.8, 4) is 0 Å². The molecule has 0 spiro atoms. The van der Waals surface area contributed by atoms with Gasteiger partial charge in [0.15, 0.2) is 0 Å². The number of unbranched alkanes of at least 4 members (excludes halogenated alkanes) is 1. The van der Waals surface area contributed by atoms with Gasteiger partial charge in [-0.2, -0.15) is 0 Å². The van der Waals surface area contributed by atoms with Crippen molar-refractivity contribution in [2.45, 2.75) is 45.1 Å². The van der Waals surface area contributed by atoms with Crippen LogP contribution in [0.4, 0.5) is 8.78 Å². The molecule has 0 saturated heterocycles. The molecule has 104 valence electrons. The summed E-state index contributed by atoms with van der Waals surface area (Å²) in [5, 5.41) is 12.5. The van der Waals surface area contributed by atoms with Gasteiger partial charge in [0.25, 0.3) is 6.43 Å². The minimum atomic E-state index is -2.26. The summed E-state index contributed by atoms with van der Waals surface area (Å²) in [5.41, 5.74) is -0.240. The first-order valence-electron chi connectivity index (χ1n) is 6.26. The first kappa shape index (κ1) is 16.7. The third kappa shape index (κ3) is 8.46. The van der Waals surface area contributed by atoms with Crippen LogP contribution in [0.5, 0.6) is 0 Å². The Morgan fingerprint density at radius 2 is 2.00 bits per heavy atom. The molecule has 0 aliphatic rings. The summed E-state index contributed by atoms with van der Waals surface area (Å²) in [4.78, 5) is 1.65. The minimum absolute atomic E-state index is 0.105. The zero-order chi connectivity index (χ0) is 13.3. The Balaban J connectivity index is 3.68. The van der Waals surface area contributed by atoms with Crippen LogP contribution in [0.3, 0.4) is 0 Å². The van der Waals surface area contributed by atoms with Gasteiger partial charge in [0.1, 0.15) is 0 Å².